The van der Waals surface area contributed by atoms with Gasteiger partial charge >= 0.3 is 35.8 Å². The molecule has 1 aliphatic rings. The van der Waals surface area contributed by atoms with Crippen molar-refractivity contribution in [2.75, 3.05) is 111 Å². The average molecular weight is 621 g/mol. The molecule has 43 heavy (non-hydrogen) atoms. The van der Waals surface area contributed by atoms with E-state index in [9.17, 15) is 54.0 Å². The quantitative estimate of drug-likeness (QED) is 0.0901. The summed E-state index contributed by atoms with van der Waals surface area (Å²) in [7, 11) is 0. The van der Waals surface area contributed by atoms with Crippen molar-refractivity contribution in [2.45, 2.75) is 0 Å². The molecule has 1 amide bonds. The zero-order chi connectivity index (χ0) is 32.5. The normalized spacial score (nSPS) is 16.4. The van der Waals surface area contributed by atoms with Crippen LogP contribution in [0.4, 0.5) is 0 Å². The van der Waals surface area contributed by atoms with E-state index in [1.54, 1.807) is 4.90 Å². The minimum Gasteiger partial charge on any atom is -0.480 e. The van der Waals surface area contributed by atoms with E-state index in [0.29, 0.717) is 0 Å². The lowest BCUT2D eigenvalue weighted by molar-refractivity contribution is -0.144. The first kappa shape index (κ1) is 37.1. The van der Waals surface area contributed by atoms with Gasteiger partial charge in [-0.1, -0.05) is 0 Å². The molecule has 0 bridgehead atoms. The third-order valence-corrected chi connectivity index (χ3v) is 6.43. The fraction of sp³-hybridized carbons (Fsp3) is 0.708. The third-order valence-electron chi connectivity index (χ3n) is 6.43. The molecule has 0 unspecified atom stereocenters. The molecule has 1 rings (SSSR count). The van der Waals surface area contributed by atoms with Gasteiger partial charge in [0.05, 0.1) is 45.8 Å². The predicted octanol–water partition coefficient (Wildman–Crippen LogP) is -4.15. The van der Waals surface area contributed by atoms with Crippen LogP contribution in [0.15, 0.2) is 0 Å². The highest BCUT2D eigenvalue weighted by atomic mass is 16.4. The smallest absolute Gasteiger partial charge is 0.317 e. The molecule has 1 fully saturated rings. The lowest BCUT2D eigenvalue weighted by Gasteiger charge is -2.34. The fourth-order valence-corrected chi connectivity index (χ4v) is 4.41. The van der Waals surface area contributed by atoms with Crippen LogP contribution < -0.4 is 0 Å². The van der Waals surface area contributed by atoms with Crippen molar-refractivity contribution in [1.29, 1.82) is 0 Å². The summed E-state index contributed by atoms with van der Waals surface area (Å²) in [5.41, 5.74) is 0. The molecule has 244 valence electrons. The van der Waals surface area contributed by atoms with E-state index in [2.05, 4.69) is 0 Å². The number of carboxylic acids is 6. The van der Waals surface area contributed by atoms with Gasteiger partial charge in [0.15, 0.2) is 0 Å². The summed E-state index contributed by atoms with van der Waals surface area (Å²) >= 11 is 0. The Morgan fingerprint density at radius 1 is 0.419 bits per heavy atom. The van der Waals surface area contributed by atoms with Crippen molar-refractivity contribution < 1.29 is 64.2 Å². The minimum absolute atomic E-state index is 0.00296. The Morgan fingerprint density at radius 2 is 0.698 bits per heavy atom. The average Bonchev–Trinajstić information content (AvgIpc) is 2.85. The van der Waals surface area contributed by atoms with Gasteiger partial charge in [0, 0.05) is 65.4 Å². The summed E-state index contributed by atoms with van der Waals surface area (Å²) in [4.78, 5) is 89.5. The number of hydrogen-bond donors (Lipinski definition) is 6. The molecular weight excluding hydrogens is 580 g/mol. The van der Waals surface area contributed by atoms with Crippen LogP contribution in [-0.4, -0.2) is 213 Å². The summed E-state index contributed by atoms with van der Waals surface area (Å²) in [6.45, 7) is -2.92. The Kier molecular flexibility index (Phi) is 16.7. The van der Waals surface area contributed by atoms with Gasteiger partial charge in [-0.3, -0.25) is 58.1 Å². The number of nitrogens with zero attached hydrogens (tertiary/aromatic N) is 6. The fourth-order valence-electron chi connectivity index (χ4n) is 4.41. The first-order valence-electron chi connectivity index (χ1n) is 13.3. The Labute approximate surface area is 247 Å². The molecule has 6 N–H and O–H groups in total. The molecule has 19 heteroatoms. The summed E-state index contributed by atoms with van der Waals surface area (Å²) in [5, 5.41) is 55.4. The molecule has 1 aliphatic heterocycles. The monoisotopic (exact) mass is 620 g/mol. The Hall–Kier alpha value is -3.91. The van der Waals surface area contributed by atoms with Gasteiger partial charge in [0.2, 0.25) is 5.91 Å². The zero-order valence-corrected chi connectivity index (χ0v) is 23.7. The lowest BCUT2D eigenvalue weighted by Crippen LogP contribution is -2.51. The second-order valence-corrected chi connectivity index (χ2v) is 9.99. The van der Waals surface area contributed by atoms with Crippen LogP contribution in [0.2, 0.25) is 0 Å². The number of carbonyl (C=O) groups is 7. The van der Waals surface area contributed by atoms with Gasteiger partial charge in [-0.05, 0) is 0 Å². The third kappa shape index (κ3) is 17.6. The van der Waals surface area contributed by atoms with Crippen LogP contribution in [0.3, 0.4) is 0 Å². The maximum absolute atomic E-state index is 13.4. The summed E-state index contributed by atoms with van der Waals surface area (Å²) in [5.74, 6) is -7.79. The second kappa shape index (κ2) is 19.3. The van der Waals surface area contributed by atoms with E-state index in [1.807, 2.05) is 0 Å². The van der Waals surface area contributed by atoms with E-state index < -0.39 is 67.9 Å². The molecule has 0 atom stereocenters. The van der Waals surface area contributed by atoms with Crippen molar-refractivity contribution in [3.63, 3.8) is 0 Å². The standard InChI is InChI=1S/C24H40N6O13/c31-18(11-28(15-22(38)39)5-6-29(16-23(40)41)17-24(42)43)30-9-7-26(13-20(34)35)3-1-25(12-19(32)33)2-4-27(8-10-30)14-21(36)37/h1-17H2,(H,32,33)(H,34,35)(H,36,37)(H,38,39)(H,40,41)(H,42,43). The van der Waals surface area contributed by atoms with Crippen molar-refractivity contribution in [1.82, 2.24) is 29.4 Å². The highest BCUT2D eigenvalue weighted by Crippen LogP contribution is 2.04. The molecule has 19 nitrogen and oxygen atoms in total. The molecular formula is C24H40N6O13. The Balaban J connectivity index is 3.13. The maximum atomic E-state index is 13.4. The van der Waals surface area contributed by atoms with Crippen LogP contribution in [-0.2, 0) is 33.6 Å². The molecule has 0 saturated carbocycles. The van der Waals surface area contributed by atoms with Gasteiger partial charge in [-0.25, -0.2) is 0 Å². The van der Waals surface area contributed by atoms with Crippen LogP contribution in [0.5, 0.6) is 0 Å². The lowest BCUT2D eigenvalue weighted by atomic mass is 10.3. The van der Waals surface area contributed by atoms with Gasteiger partial charge in [-0.15, -0.1) is 0 Å². The molecule has 0 aromatic carbocycles. The number of aliphatic carboxylic acids is 6. The summed E-state index contributed by atoms with van der Waals surface area (Å²) in [6.07, 6.45) is 0. The SMILES string of the molecule is O=C(O)CN1CCN(CC(=O)O)CCN(C(=O)CN(CCN(CC(=O)O)CC(=O)O)CC(=O)O)CCN(CC(=O)O)CC1. The van der Waals surface area contributed by atoms with Crippen molar-refractivity contribution in [3.05, 3.63) is 0 Å². The van der Waals surface area contributed by atoms with E-state index in [1.165, 1.54) is 19.6 Å². The Morgan fingerprint density at radius 3 is 0.977 bits per heavy atom. The second-order valence-electron chi connectivity index (χ2n) is 9.99. The van der Waals surface area contributed by atoms with Crippen molar-refractivity contribution in [2.24, 2.45) is 0 Å². The van der Waals surface area contributed by atoms with Gasteiger partial charge in [0.25, 0.3) is 0 Å². The number of hydrogen-bond acceptors (Lipinski definition) is 12. The van der Waals surface area contributed by atoms with Crippen LogP contribution in [0.25, 0.3) is 0 Å². The highest BCUT2D eigenvalue weighted by molar-refractivity contribution is 5.79. The van der Waals surface area contributed by atoms with Crippen molar-refractivity contribution >= 4 is 41.7 Å². The largest absolute Gasteiger partial charge is 0.480 e. The number of rotatable bonds is 17. The van der Waals surface area contributed by atoms with Crippen LogP contribution >= 0.6 is 0 Å². The first-order chi connectivity index (χ1) is 20.1. The molecule has 0 aromatic heterocycles. The number of carbonyl (C=O) groups excluding carboxylic acids is 1. The van der Waals surface area contributed by atoms with Gasteiger partial charge in [-0.2, -0.15) is 0 Å². The molecule has 1 saturated heterocycles. The predicted molar refractivity (Wildman–Crippen MR) is 145 cm³/mol. The van der Waals surface area contributed by atoms with Crippen LogP contribution in [0, 0.1) is 0 Å². The minimum atomic E-state index is -1.29. The zero-order valence-electron chi connectivity index (χ0n) is 23.7. The molecule has 0 radical (unpaired) electrons. The van der Waals surface area contributed by atoms with Gasteiger partial charge < -0.3 is 35.5 Å². The van der Waals surface area contributed by atoms with E-state index in [-0.39, 0.29) is 85.1 Å². The van der Waals surface area contributed by atoms with E-state index in [4.69, 9.17) is 10.2 Å². The maximum Gasteiger partial charge on any atom is 0.317 e. The van der Waals surface area contributed by atoms with Gasteiger partial charge in [0.1, 0.15) is 0 Å². The summed E-state index contributed by atoms with van der Waals surface area (Å²) < 4.78 is 0. The number of amides is 1. The topological polar surface area (TPSA) is 260 Å². The van der Waals surface area contributed by atoms with Crippen molar-refractivity contribution in [3.8, 4) is 0 Å². The highest BCUT2D eigenvalue weighted by Gasteiger charge is 2.25. The molecule has 0 aliphatic carbocycles. The molecule has 1 heterocycles. The first-order valence-corrected chi connectivity index (χ1v) is 13.3. The Bertz CT molecular complexity index is 949. The molecule has 0 aromatic rings. The number of carboxylic acid groups (broad SMARTS) is 6. The summed E-state index contributed by atoms with van der Waals surface area (Å²) in [6, 6.07) is 0. The van der Waals surface area contributed by atoms with E-state index in [0.717, 1.165) is 4.90 Å². The molecule has 0 spiro atoms. The van der Waals surface area contributed by atoms with Crippen LogP contribution in [0.1, 0.15) is 0 Å². The van der Waals surface area contributed by atoms with E-state index >= 15 is 0 Å².